The molecule has 0 radical (unpaired) electrons. The van der Waals surface area contributed by atoms with E-state index in [4.69, 9.17) is 23.2 Å². The predicted molar refractivity (Wildman–Crippen MR) is 101 cm³/mol. The topological polar surface area (TPSA) is 61.4 Å². The molecule has 1 amide bonds. The summed E-state index contributed by atoms with van der Waals surface area (Å²) in [6.45, 7) is 5.34. The summed E-state index contributed by atoms with van der Waals surface area (Å²) in [5.41, 5.74) is 1.04. The number of carbonyl (C=O) groups is 1. The summed E-state index contributed by atoms with van der Waals surface area (Å²) in [6, 6.07) is 5.23. The number of β-amino-alcohol motifs (C(OH)–C–C–N with tert-alkyl or cyclic N) is 1. The van der Waals surface area contributed by atoms with Crippen molar-refractivity contribution in [3.63, 3.8) is 0 Å². The van der Waals surface area contributed by atoms with Crippen molar-refractivity contribution >= 4 is 41.5 Å². The summed E-state index contributed by atoms with van der Waals surface area (Å²) in [5, 5.41) is 16.8. The van der Waals surface area contributed by atoms with E-state index < -0.39 is 6.10 Å². The van der Waals surface area contributed by atoms with Crippen molar-refractivity contribution in [2.24, 2.45) is 11.8 Å². The van der Waals surface area contributed by atoms with E-state index >= 15 is 0 Å². The maximum absolute atomic E-state index is 12.2. The first-order chi connectivity index (χ1) is 10.9. The SMILES string of the molecule is CC(C)C(CNC(=O)C1CC(O)CN1)Cc1ccc(Cl)cc1Cl.Cl. The quantitative estimate of drug-likeness (QED) is 0.694. The second kappa shape index (κ2) is 9.83. The molecule has 3 atom stereocenters. The Morgan fingerprint density at radius 2 is 2.12 bits per heavy atom. The minimum absolute atomic E-state index is 0. The highest BCUT2D eigenvalue weighted by Crippen LogP contribution is 2.25. The highest BCUT2D eigenvalue weighted by atomic mass is 35.5. The van der Waals surface area contributed by atoms with E-state index in [2.05, 4.69) is 24.5 Å². The summed E-state index contributed by atoms with van der Waals surface area (Å²) >= 11 is 12.2. The van der Waals surface area contributed by atoms with Crippen LogP contribution in [0, 0.1) is 11.8 Å². The van der Waals surface area contributed by atoms with E-state index in [-0.39, 0.29) is 30.3 Å². The van der Waals surface area contributed by atoms with Crippen LogP contribution in [0.5, 0.6) is 0 Å². The number of rotatable bonds is 6. The fraction of sp³-hybridized carbons (Fsp3) is 0.588. The molecule has 3 N–H and O–H groups in total. The molecule has 0 spiro atoms. The smallest absolute Gasteiger partial charge is 0.237 e. The third-order valence-corrected chi connectivity index (χ3v) is 4.99. The van der Waals surface area contributed by atoms with Crippen molar-refractivity contribution in [1.82, 2.24) is 10.6 Å². The van der Waals surface area contributed by atoms with Crippen LogP contribution in [-0.4, -0.2) is 36.2 Å². The molecular weight excluding hydrogens is 371 g/mol. The Hall–Kier alpha value is -0.520. The predicted octanol–water partition coefficient (Wildman–Crippen LogP) is 3.07. The molecule has 1 aromatic rings. The molecule has 1 fully saturated rings. The number of aliphatic hydroxyl groups is 1. The van der Waals surface area contributed by atoms with Gasteiger partial charge in [-0.2, -0.15) is 0 Å². The molecule has 1 saturated heterocycles. The summed E-state index contributed by atoms with van der Waals surface area (Å²) in [7, 11) is 0. The van der Waals surface area contributed by atoms with Crippen molar-refractivity contribution in [2.45, 2.75) is 38.8 Å². The first-order valence-electron chi connectivity index (χ1n) is 8.00. The van der Waals surface area contributed by atoms with Crippen LogP contribution in [0.25, 0.3) is 0 Å². The van der Waals surface area contributed by atoms with E-state index in [1.54, 1.807) is 6.07 Å². The summed E-state index contributed by atoms with van der Waals surface area (Å²) < 4.78 is 0. The Balaban J connectivity index is 0.00000288. The Labute approximate surface area is 159 Å². The minimum Gasteiger partial charge on any atom is -0.392 e. The van der Waals surface area contributed by atoms with Gasteiger partial charge in [0.15, 0.2) is 0 Å². The fourth-order valence-corrected chi connectivity index (χ4v) is 3.27. The van der Waals surface area contributed by atoms with Gasteiger partial charge in [0.05, 0.1) is 12.1 Å². The van der Waals surface area contributed by atoms with E-state index in [9.17, 15) is 9.90 Å². The summed E-state index contributed by atoms with van der Waals surface area (Å²) in [4.78, 5) is 12.2. The number of benzene rings is 1. The fourth-order valence-electron chi connectivity index (χ4n) is 2.78. The molecule has 1 aliphatic heterocycles. The maximum atomic E-state index is 12.2. The van der Waals surface area contributed by atoms with Crippen molar-refractivity contribution in [1.29, 1.82) is 0 Å². The van der Waals surface area contributed by atoms with Crippen LogP contribution in [0.1, 0.15) is 25.8 Å². The molecule has 24 heavy (non-hydrogen) atoms. The second-order valence-corrected chi connectivity index (χ2v) is 7.38. The number of amides is 1. The minimum atomic E-state index is -0.431. The van der Waals surface area contributed by atoms with Gasteiger partial charge in [0.1, 0.15) is 0 Å². The van der Waals surface area contributed by atoms with Crippen molar-refractivity contribution in [3.05, 3.63) is 33.8 Å². The molecule has 7 heteroatoms. The molecule has 0 aromatic heterocycles. The van der Waals surface area contributed by atoms with Gasteiger partial charge in [-0.1, -0.05) is 43.1 Å². The molecule has 4 nitrogen and oxygen atoms in total. The molecule has 0 saturated carbocycles. The van der Waals surface area contributed by atoms with Crippen LogP contribution in [0.15, 0.2) is 18.2 Å². The molecule has 0 aliphatic carbocycles. The molecule has 1 heterocycles. The van der Waals surface area contributed by atoms with Gasteiger partial charge < -0.3 is 15.7 Å². The zero-order valence-electron chi connectivity index (χ0n) is 13.9. The Kier molecular flexibility index (Phi) is 8.82. The average Bonchev–Trinajstić information content (AvgIpc) is 2.91. The number of halogens is 3. The lowest BCUT2D eigenvalue weighted by atomic mass is 9.89. The molecule has 1 aliphatic rings. The largest absolute Gasteiger partial charge is 0.392 e. The number of nitrogens with one attached hydrogen (secondary N) is 2. The monoisotopic (exact) mass is 394 g/mol. The van der Waals surface area contributed by atoms with Gasteiger partial charge in [-0.25, -0.2) is 0 Å². The first kappa shape index (κ1) is 21.5. The number of hydrogen-bond acceptors (Lipinski definition) is 3. The van der Waals surface area contributed by atoms with Gasteiger partial charge in [-0.15, -0.1) is 12.4 Å². The zero-order chi connectivity index (χ0) is 17.0. The van der Waals surface area contributed by atoms with Gasteiger partial charge in [-0.05, 0) is 42.4 Å². The van der Waals surface area contributed by atoms with Gasteiger partial charge in [-0.3, -0.25) is 4.79 Å². The molecule has 0 bridgehead atoms. The third-order valence-electron chi connectivity index (χ3n) is 4.40. The third kappa shape index (κ3) is 6.08. The maximum Gasteiger partial charge on any atom is 0.237 e. The van der Waals surface area contributed by atoms with Gasteiger partial charge in [0.2, 0.25) is 5.91 Å². The van der Waals surface area contributed by atoms with Crippen LogP contribution < -0.4 is 10.6 Å². The van der Waals surface area contributed by atoms with E-state index in [0.29, 0.717) is 35.5 Å². The van der Waals surface area contributed by atoms with Crippen LogP contribution in [0.2, 0.25) is 10.0 Å². The molecule has 136 valence electrons. The van der Waals surface area contributed by atoms with Gasteiger partial charge in [0.25, 0.3) is 0 Å². The number of hydrogen-bond donors (Lipinski definition) is 3. The second-order valence-electron chi connectivity index (χ2n) is 6.54. The van der Waals surface area contributed by atoms with Gasteiger partial charge >= 0.3 is 0 Å². The average molecular weight is 396 g/mol. The lowest BCUT2D eigenvalue weighted by Crippen LogP contribution is -2.43. The van der Waals surface area contributed by atoms with Crippen LogP contribution >= 0.6 is 35.6 Å². The van der Waals surface area contributed by atoms with E-state index in [0.717, 1.165) is 12.0 Å². The Morgan fingerprint density at radius 3 is 2.67 bits per heavy atom. The summed E-state index contributed by atoms with van der Waals surface area (Å²) in [5.74, 6) is 0.641. The lowest BCUT2D eigenvalue weighted by Gasteiger charge is -2.23. The highest BCUT2D eigenvalue weighted by molar-refractivity contribution is 6.35. The van der Waals surface area contributed by atoms with Crippen molar-refractivity contribution in [2.75, 3.05) is 13.1 Å². The van der Waals surface area contributed by atoms with Gasteiger partial charge in [0, 0.05) is 23.1 Å². The van der Waals surface area contributed by atoms with E-state index in [1.807, 2.05) is 12.1 Å². The van der Waals surface area contributed by atoms with Crippen molar-refractivity contribution in [3.8, 4) is 0 Å². The Morgan fingerprint density at radius 1 is 1.42 bits per heavy atom. The van der Waals surface area contributed by atoms with Crippen LogP contribution in [-0.2, 0) is 11.2 Å². The van der Waals surface area contributed by atoms with Crippen LogP contribution in [0.4, 0.5) is 0 Å². The van der Waals surface area contributed by atoms with Crippen LogP contribution in [0.3, 0.4) is 0 Å². The molecular formula is C17H25Cl3N2O2. The van der Waals surface area contributed by atoms with Crippen molar-refractivity contribution < 1.29 is 9.90 Å². The highest BCUT2D eigenvalue weighted by Gasteiger charge is 2.28. The Bertz CT molecular complexity index is 555. The normalized spacial score (nSPS) is 21.4. The number of aliphatic hydroxyl groups excluding tert-OH is 1. The van der Waals surface area contributed by atoms with E-state index in [1.165, 1.54) is 0 Å². The summed E-state index contributed by atoms with van der Waals surface area (Å²) in [6.07, 6.45) is 0.829. The molecule has 3 unspecified atom stereocenters. The molecule has 2 rings (SSSR count). The first-order valence-corrected chi connectivity index (χ1v) is 8.75. The molecule has 1 aromatic carbocycles. The lowest BCUT2D eigenvalue weighted by molar-refractivity contribution is -0.123. The standard InChI is InChI=1S/C17H24Cl2N2O2.ClH/c1-10(2)12(5-11-3-4-13(18)6-15(11)19)8-21-17(23)16-7-14(22)9-20-16;/h3-4,6,10,12,14,16,20,22H,5,7-9H2,1-2H3,(H,21,23);1H. The zero-order valence-corrected chi connectivity index (χ0v) is 16.2. The number of carbonyl (C=O) groups excluding carboxylic acids is 1.